The standard InChI is InChI=1S/2C15H14O3.Zn/c2*1-10-4-2-5-11(8-10)9-12-6-3-7-13(14(12)16)15(17)18;/h2*2-8,16H,9H2,1H3,(H,17,18);/q;;+2/p-2. The van der Waals surface area contributed by atoms with Crippen LogP contribution in [0.4, 0.5) is 0 Å². The Bertz CT molecular complexity index is 1290. The summed E-state index contributed by atoms with van der Waals surface area (Å²) < 4.78 is 0. The summed E-state index contributed by atoms with van der Waals surface area (Å²) >= 11 is 0. The Balaban J connectivity index is 0.000000253. The average molecular weight is 548 g/mol. The molecular weight excluding hydrogens is 522 g/mol. The smallest absolute Gasteiger partial charge is 0.872 e. The Morgan fingerprint density at radius 2 is 0.973 bits per heavy atom. The second kappa shape index (κ2) is 13.4. The van der Waals surface area contributed by atoms with Gasteiger partial charge in [0.05, 0.1) is 11.1 Å². The minimum absolute atomic E-state index is 0. The van der Waals surface area contributed by atoms with Crippen molar-refractivity contribution in [3.8, 4) is 11.5 Å². The molecule has 0 aliphatic rings. The molecule has 0 aliphatic heterocycles. The van der Waals surface area contributed by atoms with Gasteiger partial charge in [-0.25, -0.2) is 9.59 Å². The van der Waals surface area contributed by atoms with E-state index in [9.17, 15) is 19.8 Å². The summed E-state index contributed by atoms with van der Waals surface area (Å²) in [5.41, 5.74) is 4.95. The van der Waals surface area contributed by atoms with Crippen LogP contribution in [0.1, 0.15) is 54.1 Å². The second-order valence-electron chi connectivity index (χ2n) is 8.53. The van der Waals surface area contributed by atoms with E-state index < -0.39 is 23.4 Å². The van der Waals surface area contributed by atoms with Crippen molar-refractivity contribution >= 4 is 11.9 Å². The zero-order valence-electron chi connectivity index (χ0n) is 20.7. The summed E-state index contributed by atoms with van der Waals surface area (Å²) in [6, 6.07) is 24.9. The van der Waals surface area contributed by atoms with Gasteiger partial charge in [-0.3, -0.25) is 0 Å². The molecular formula is C30H26O6Zn. The molecule has 0 saturated heterocycles. The van der Waals surface area contributed by atoms with Gasteiger partial charge in [-0.2, -0.15) is 0 Å². The predicted octanol–water partition coefficient (Wildman–Crippen LogP) is 4.71. The summed E-state index contributed by atoms with van der Waals surface area (Å²) in [6.07, 6.45) is 0.920. The summed E-state index contributed by atoms with van der Waals surface area (Å²) in [5, 5.41) is 41.6. The number of carboxylic acids is 2. The molecule has 0 bridgehead atoms. The van der Waals surface area contributed by atoms with Gasteiger partial charge in [0.2, 0.25) is 0 Å². The van der Waals surface area contributed by atoms with Crippen molar-refractivity contribution in [2.24, 2.45) is 0 Å². The van der Waals surface area contributed by atoms with Crippen LogP contribution in [0.25, 0.3) is 0 Å². The number of hydrogen-bond acceptors (Lipinski definition) is 4. The monoisotopic (exact) mass is 546 g/mol. The first-order chi connectivity index (χ1) is 17.2. The van der Waals surface area contributed by atoms with Gasteiger partial charge in [-0.15, -0.1) is 0 Å². The normalized spacial score (nSPS) is 10.0. The first-order valence-electron chi connectivity index (χ1n) is 11.3. The van der Waals surface area contributed by atoms with Crippen LogP contribution in [-0.4, -0.2) is 22.2 Å². The molecule has 184 valence electrons. The van der Waals surface area contributed by atoms with Gasteiger partial charge < -0.3 is 20.4 Å². The Morgan fingerprint density at radius 1 is 0.622 bits per heavy atom. The van der Waals surface area contributed by atoms with Crippen molar-refractivity contribution in [2.75, 3.05) is 0 Å². The number of carboxylic acid groups (broad SMARTS) is 2. The molecule has 0 spiro atoms. The first-order valence-corrected chi connectivity index (χ1v) is 11.3. The molecule has 4 rings (SSSR count). The molecule has 0 radical (unpaired) electrons. The number of aromatic carboxylic acids is 2. The molecule has 0 aromatic heterocycles. The van der Waals surface area contributed by atoms with E-state index in [1.807, 2.05) is 62.4 Å². The van der Waals surface area contributed by atoms with E-state index in [0.717, 1.165) is 22.3 Å². The molecule has 0 atom stereocenters. The van der Waals surface area contributed by atoms with Gasteiger partial charge in [0.15, 0.2) is 0 Å². The van der Waals surface area contributed by atoms with E-state index in [1.165, 1.54) is 12.1 Å². The molecule has 4 aromatic carbocycles. The number of benzene rings is 4. The Hall–Kier alpha value is -3.96. The van der Waals surface area contributed by atoms with E-state index in [-0.39, 0.29) is 30.6 Å². The summed E-state index contributed by atoms with van der Waals surface area (Å²) in [7, 11) is 0. The SMILES string of the molecule is Cc1cccc(Cc2cccc(C(=O)O)c2[O-])c1.Cc1cccc(Cc2cccc(C(=O)O)c2[O-])c1.[Zn+2]. The van der Waals surface area contributed by atoms with Crippen molar-refractivity contribution in [3.63, 3.8) is 0 Å². The maximum absolute atomic E-state index is 11.9. The predicted molar refractivity (Wildman–Crippen MR) is 134 cm³/mol. The Morgan fingerprint density at radius 3 is 1.30 bits per heavy atom. The summed E-state index contributed by atoms with van der Waals surface area (Å²) in [4.78, 5) is 21.8. The van der Waals surface area contributed by atoms with E-state index in [0.29, 0.717) is 24.0 Å². The molecule has 6 nitrogen and oxygen atoms in total. The number of para-hydroxylation sites is 2. The van der Waals surface area contributed by atoms with Crippen LogP contribution in [0.3, 0.4) is 0 Å². The van der Waals surface area contributed by atoms with Gasteiger partial charge in [0.25, 0.3) is 0 Å². The van der Waals surface area contributed by atoms with Crippen molar-refractivity contribution in [2.45, 2.75) is 26.7 Å². The second-order valence-corrected chi connectivity index (χ2v) is 8.53. The maximum Gasteiger partial charge on any atom is 2.00 e. The molecule has 0 fully saturated rings. The van der Waals surface area contributed by atoms with Crippen LogP contribution in [0.15, 0.2) is 84.9 Å². The van der Waals surface area contributed by atoms with E-state index in [2.05, 4.69) is 0 Å². The number of carbonyl (C=O) groups is 2. The van der Waals surface area contributed by atoms with Crippen molar-refractivity contribution < 1.29 is 49.5 Å². The molecule has 2 N–H and O–H groups in total. The van der Waals surface area contributed by atoms with Crippen LogP contribution in [0, 0.1) is 13.8 Å². The third-order valence-corrected chi connectivity index (χ3v) is 5.61. The molecule has 0 amide bonds. The van der Waals surface area contributed by atoms with Crippen LogP contribution in [-0.2, 0) is 32.3 Å². The van der Waals surface area contributed by atoms with E-state index in [1.54, 1.807) is 24.3 Å². The Labute approximate surface area is 228 Å². The third-order valence-electron chi connectivity index (χ3n) is 5.61. The average Bonchev–Trinajstić information content (AvgIpc) is 2.82. The van der Waals surface area contributed by atoms with Crippen molar-refractivity contribution in [1.82, 2.24) is 0 Å². The minimum atomic E-state index is -1.17. The minimum Gasteiger partial charge on any atom is -0.872 e. The van der Waals surface area contributed by atoms with Crippen molar-refractivity contribution in [1.29, 1.82) is 0 Å². The number of aryl methyl sites for hydroxylation is 2. The largest absolute Gasteiger partial charge is 2.00 e. The van der Waals surface area contributed by atoms with Crippen molar-refractivity contribution in [3.05, 3.63) is 129 Å². The van der Waals surface area contributed by atoms with Gasteiger partial charge in [0, 0.05) is 0 Å². The van der Waals surface area contributed by atoms with Gasteiger partial charge >= 0.3 is 31.4 Å². The quantitative estimate of drug-likeness (QED) is 0.337. The van der Waals surface area contributed by atoms with Crippen LogP contribution >= 0.6 is 0 Å². The zero-order valence-corrected chi connectivity index (χ0v) is 23.7. The molecule has 7 heteroatoms. The molecule has 0 saturated carbocycles. The molecule has 4 aromatic rings. The zero-order chi connectivity index (χ0) is 26.2. The van der Waals surface area contributed by atoms with Crippen LogP contribution in [0.2, 0.25) is 0 Å². The summed E-state index contributed by atoms with van der Waals surface area (Å²) in [6.45, 7) is 3.96. The van der Waals surface area contributed by atoms with Gasteiger partial charge in [0.1, 0.15) is 0 Å². The van der Waals surface area contributed by atoms with Crippen LogP contribution < -0.4 is 10.2 Å². The fourth-order valence-corrected chi connectivity index (χ4v) is 3.87. The molecule has 0 unspecified atom stereocenters. The maximum atomic E-state index is 11.9. The van der Waals surface area contributed by atoms with Crippen LogP contribution in [0.5, 0.6) is 11.5 Å². The first kappa shape index (κ1) is 29.3. The van der Waals surface area contributed by atoms with E-state index >= 15 is 0 Å². The Kier molecular flexibility index (Phi) is 10.6. The van der Waals surface area contributed by atoms with E-state index in [4.69, 9.17) is 10.2 Å². The fraction of sp³-hybridized carbons (Fsp3) is 0.133. The number of hydrogen-bond donors (Lipinski definition) is 2. The van der Waals surface area contributed by atoms with Gasteiger partial charge in [-0.05, 0) is 49.9 Å². The third kappa shape index (κ3) is 8.02. The summed E-state index contributed by atoms with van der Waals surface area (Å²) in [5.74, 6) is -3.14. The fourth-order valence-electron chi connectivity index (χ4n) is 3.87. The topological polar surface area (TPSA) is 121 Å². The van der Waals surface area contributed by atoms with Gasteiger partial charge in [-0.1, -0.05) is 107 Å². The molecule has 37 heavy (non-hydrogen) atoms. The number of rotatable bonds is 6. The molecule has 0 heterocycles. The molecule has 0 aliphatic carbocycles.